The van der Waals surface area contributed by atoms with Gasteiger partial charge < -0.3 is 4.74 Å². The largest absolute Gasteiger partial charge is 0.664 e. The average Bonchev–Trinajstić information content (AvgIpc) is 2.53. The van der Waals surface area contributed by atoms with Gasteiger partial charge in [-0.05, 0) is 37.8 Å². The first-order valence-electron chi connectivity index (χ1n) is 8.19. The summed E-state index contributed by atoms with van der Waals surface area (Å²) >= 11 is 0. The van der Waals surface area contributed by atoms with E-state index in [2.05, 4.69) is 18.9 Å². The molecule has 0 aliphatic rings. The molecule has 5 nitrogen and oxygen atoms in total. The highest BCUT2D eigenvalue weighted by Gasteiger charge is 2.28. The van der Waals surface area contributed by atoms with Gasteiger partial charge in [-0.1, -0.05) is 50.0 Å². The van der Waals surface area contributed by atoms with Gasteiger partial charge in [0, 0.05) is 4.57 Å². The second-order valence-corrected chi connectivity index (χ2v) is 6.54. The molecule has 0 saturated heterocycles. The van der Waals surface area contributed by atoms with Crippen molar-refractivity contribution in [3.05, 3.63) is 30.3 Å². The molecule has 0 fully saturated rings. The fourth-order valence-corrected chi connectivity index (χ4v) is 3.05. The zero-order valence-electron chi connectivity index (χ0n) is 14.2. The van der Waals surface area contributed by atoms with Gasteiger partial charge >= 0.3 is 14.1 Å². The molecule has 23 heavy (non-hydrogen) atoms. The van der Waals surface area contributed by atoms with Crippen LogP contribution in [0.3, 0.4) is 0 Å². The van der Waals surface area contributed by atoms with E-state index in [0.29, 0.717) is 18.3 Å². The SMILES string of the molecule is CCCC(CCC)COC(=O)[C@H](C)N[P+](=O)Oc1ccccc1. The van der Waals surface area contributed by atoms with Gasteiger partial charge in [-0.3, -0.25) is 4.79 Å². The molecule has 128 valence electrons. The first-order valence-corrected chi connectivity index (χ1v) is 9.37. The van der Waals surface area contributed by atoms with Crippen molar-refractivity contribution >= 4 is 14.1 Å². The van der Waals surface area contributed by atoms with Crippen molar-refractivity contribution in [2.45, 2.75) is 52.5 Å². The van der Waals surface area contributed by atoms with Crippen molar-refractivity contribution in [3.8, 4) is 5.75 Å². The Morgan fingerprint density at radius 2 is 1.78 bits per heavy atom. The van der Waals surface area contributed by atoms with Crippen LogP contribution in [-0.4, -0.2) is 18.6 Å². The van der Waals surface area contributed by atoms with Crippen molar-refractivity contribution in [2.24, 2.45) is 5.92 Å². The van der Waals surface area contributed by atoms with Crippen molar-refractivity contribution in [1.82, 2.24) is 5.09 Å². The number of nitrogens with one attached hydrogen (secondary N) is 1. The first kappa shape index (κ1) is 19.6. The molecule has 0 bridgehead atoms. The van der Waals surface area contributed by atoms with Crippen molar-refractivity contribution in [3.63, 3.8) is 0 Å². The maximum absolute atomic E-state index is 12.0. The standard InChI is InChI=1S/C17H27NO4P/c1-4-9-15(10-5-2)13-21-17(19)14(3)18-23(20)22-16-11-7-6-8-12-16/h6-8,11-12,14-15H,4-5,9-10,13H2,1-3H3,(H,18,20)/q+1/t14-/m0/s1. The maximum atomic E-state index is 12.0. The molecular weight excluding hydrogens is 313 g/mol. The second-order valence-electron chi connectivity index (χ2n) is 5.59. The van der Waals surface area contributed by atoms with Crippen molar-refractivity contribution < 1.29 is 18.6 Å². The number of ether oxygens (including phenoxy) is 1. The third-order valence-corrected chi connectivity index (χ3v) is 4.41. The minimum atomic E-state index is -2.17. The molecule has 0 spiro atoms. The molecule has 2 atom stereocenters. The molecule has 1 unspecified atom stereocenters. The van der Waals surface area contributed by atoms with Gasteiger partial charge in [-0.15, -0.1) is 0 Å². The number of carbonyl (C=O) groups is 1. The lowest BCUT2D eigenvalue weighted by Gasteiger charge is -2.16. The summed E-state index contributed by atoms with van der Waals surface area (Å²) in [5.41, 5.74) is 0. The Bertz CT molecular complexity index is 475. The van der Waals surface area contributed by atoms with E-state index in [0.717, 1.165) is 25.7 Å². The lowest BCUT2D eigenvalue weighted by Crippen LogP contribution is -2.32. The Labute approximate surface area is 139 Å². The predicted molar refractivity (Wildman–Crippen MR) is 91.5 cm³/mol. The number of para-hydroxylation sites is 1. The number of rotatable bonds is 11. The Kier molecular flexibility index (Phi) is 9.49. The maximum Gasteiger partial charge on any atom is 0.664 e. The molecule has 0 radical (unpaired) electrons. The van der Waals surface area contributed by atoms with Gasteiger partial charge in [0.2, 0.25) is 0 Å². The van der Waals surface area contributed by atoms with Crippen LogP contribution >= 0.6 is 8.18 Å². The molecule has 0 aliphatic carbocycles. The summed E-state index contributed by atoms with van der Waals surface area (Å²) in [7, 11) is -2.17. The fourth-order valence-electron chi connectivity index (χ4n) is 2.27. The minimum absolute atomic E-state index is 0.399. The van der Waals surface area contributed by atoms with E-state index in [9.17, 15) is 9.36 Å². The summed E-state index contributed by atoms with van der Waals surface area (Å²) in [5.74, 6) is 0.491. The monoisotopic (exact) mass is 340 g/mol. The zero-order chi connectivity index (χ0) is 17.1. The predicted octanol–water partition coefficient (Wildman–Crippen LogP) is 4.46. The van der Waals surface area contributed by atoms with E-state index >= 15 is 0 Å². The normalized spacial score (nSPS) is 12.8. The summed E-state index contributed by atoms with van der Waals surface area (Å²) in [6.07, 6.45) is 4.25. The van der Waals surface area contributed by atoms with Crippen LogP contribution in [0.1, 0.15) is 46.5 Å². The molecule has 0 amide bonds. The number of carbonyl (C=O) groups excluding carboxylic acids is 1. The van der Waals surface area contributed by atoms with Gasteiger partial charge in [0.05, 0.1) is 6.61 Å². The van der Waals surface area contributed by atoms with Crippen LogP contribution in [0.25, 0.3) is 0 Å². The minimum Gasteiger partial charge on any atom is -0.464 e. The Balaban J connectivity index is 2.36. The Morgan fingerprint density at radius 1 is 1.17 bits per heavy atom. The van der Waals surface area contributed by atoms with Gasteiger partial charge in [-0.25, -0.2) is 4.52 Å². The molecule has 6 heteroatoms. The van der Waals surface area contributed by atoms with Crippen LogP contribution in [0.2, 0.25) is 0 Å². The third kappa shape index (κ3) is 8.10. The van der Waals surface area contributed by atoms with Crippen LogP contribution in [0.5, 0.6) is 5.75 Å². The lowest BCUT2D eigenvalue weighted by molar-refractivity contribution is -0.146. The smallest absolute Gasteiger partial charge is 0.464 e. The lowest BCUT2D eigenvalue weighted by atomic mass is 9.99. The molecule has 0 aliphatic heterocycles. The average molecular weight is 340 g/mol. The van der Waals surface area contributed by atoms with E-state index in [1.54, 1.807) is 31.2 Å². The fraction of sp³-hybridized carbons (Fsp3) is 0.588. The van der Waals surface area contributed by atoms with Crippen LogP contribution in [0.15, 0.2) is 30.3 Å². The van der Waals surface area contributed by atoms with Crippen molar-refractivity contribution in [1.29, 1.82) is 0 Å². The number of benzene rings is 1. The summed E-state index contributed by atoms with van der Waals surface area (Å²) in [6, 6.07) is 8.16. The molecular formula is C17H27NO4P+. The molecule has 0 heterocycles. The van der Waals surface area contributed by atoms with Crippen LogP contribution in [-0.2, 0) is 14.1 Å². The van der Waals surface area contributed by atoms with Gasteiger partial charge in [-0.2, -0.15) is 0 Å². The van der Waals surface area contributed by atoms with Crippen LogP contribution < -0.4 is 9.61 Å². The molecule has 1 aromatic rings. The highest BCUT2D eigenvalue weighted by Crippen LogP contribution is 2.23. The van der Waals surface area contributed by atoms with Crippen LogP contribution in [0.4, 0.5) is 0 Å². The Hall–Kier alpha value is -1.45. The van der Waals surface area contributed by atoms with E-state index in [1.165, 1.54) is 0 Å². The molecule has 0 aromatic heterocycles. The molecule has 1 aromatic carbocycles. The highest BCUT2D eigenvalue weighted by atomic mass is 31.1. The Morgan fingerprint density at radius 3 is 2.35 bits per heavy atom. The van der Waals surface area contributed by atoms with Gasteiger partial charge in [0.1, 0.15) is 6.04 Å². The number of hydrogen-bond donors (Lipinski definition) is 1. The van der Waals surface area contributed by atoms with E-state index in [-0.39, 0.29) is 0 Å². The quantitative estimate of drug-likeness (QED) is 0.476. The van der Waals surface area contributed by atoms with Gasteiger partial charge in [0.25, 0.3) is 0 Å². The second kappa shape index (κ2) is 11.1. The van der Waals surface area contributed by atoms with E-state index < -0.39 is 20.2 Å². The summed E-state index contributed by atoms with van der Waals surface area (Å²) in [5, 5.41) is 2.63. The summed E-state index contributed by atoms with van der Waals surface area (Å²) < 4.78 is 22.4. The first-order chi connectivity index (χ1) is 11.1. The third-order valence-electron chi connectivity index (χ3n) is 3.44. The van der Waals surface area contributed by atoms with E-state index in [4.69, 9.17) is 9.26 Å². The zero-order valence-corrected chi connectivity index (χ0v) is 15.1. The topological polar surface area (TPSA) is 64.6 Å². The number of hydrogen-bond acceptors (Lipinski definition) is 4. The van der Waals surface area contributed by atoms with Crippen LogP contribution in [0, 0.1) is 5.92 Å². The molecule has 1 rings (SSSR count). The highest BCUT2D eigenvalue weighted by molar-refractivity contribution is 7.37. The molecule has 1 N–H and O–H groups in total. The number of esters is 1. The summed E-state index contributed by atoms with van der Waals surface area (Å²) in [4.78, 5) is 12.0. The van der Waals surface area contributed by atoms with E-state index in [1.807, 2.05) is 6.07 Å². The van der Waals surface area contributed by atoms with Gasteiger partial charge in [0.15, 0.2) is 5.75 Å². The molecule has 0 saturated carbocycles. The summed E-state index contributed by atoms with van der Waals surface area (Å²) in [6.45, 7) is 6.29. The van der Waals surface area contributed by atoms with Crippen molar-refractivity contribution in [2.75, 3.05) is 6.61 Å².